The lowest BCUT2D eigenvalue weighted by molar-refractivity contribution is 0.169. The fourth-order valence-corrected chi connectivity index (χ4v) is 2.89. The van der Waals surface area contributed by atoms with Crippen molar-refractivity contribution in [1.29, 1.82) is 0 Å². The molecular weight excluding hydrogens is 162 g/mol. The van der Waals surface area contributed by atoms with Crippen molar-refractivity contribution in [3.63, 3.8) is 0 Å². The van der Waals surface area contributed by atoms with Crippen LogP contribution in [-0.4, -0.2) is 25.3 Å². The predicted molar refractivity (Wildman–Crippen MR) is 45.0 cm³/mol. The molecule has 2 bridgehead atoms. The molecular formula is C8H14ClNO. The Bertz CT molecular complexity index is 148. The van der Waals surface area contributed by atoms with Gasteiger partial charge in [-0.15, -0.1) is 12.4 Å². The Morgan fingerprint density at radius 2 is 1.55 bits per heavy atom. The highest BCUT2D eigenvalue weighted by atomic mass is 35.5. The molecule has 11 heavy (non-hydrogen) atoms. The summed E-state index contributed by atoms with van der Waals surface area (Å²) in [5, 5.41) is 3.65. The maximum absolute atomic E-state index is 5.45. The normalized spacial score (nSPS) is 52.4. The van der Waals surface area contributed by atoms with Crippen LogP contribution in [0.4, 0.5) is 0 Å². The molecule has 0 amide bonds. The number of hydrogen-bond acceptors (Lipinski definition) is 2. The molecule has 3 rings (SSSR count). The van der Waals surface area contributed by atoms with Crippen LogP contribution in [0, 0.1) is 11.8 Å². The molecule has 4 unspecified atom stereocenters. The Morgan fingerprint density at radius 1 is 1.00 bits per heavy atom. The highest BCUT2D eigenvalue weighted by molar-refractivity contribution is 5.85. The van der Waals surface area contributed by atoms with Crippen LogP contribution < -0.4 is 5.32 Å². The second-order valence-corrected chi connectivity index (χ2v) is 3.82. The number of rotatable bonds is 0. The van der Waals surface area contributed by atoms with Gasteiger partial charge in [0.2, 0.25) is 0 Å². The van der Waals surface area contributed by atoms with Crippen molar-refractivity contribution < 1.29 is 4.74 Å². The quantitative estimate of drug-likeness (QED) is 0.588. The third kappa shape index (κ3) is 0.930. The zero-order chi connectivity index (χ0) is 6.55. The lowest BCUT2D eigenvalue weighted by Crippen LogP contribution is -2.24. The first kappa shape index (κ1) is 7.84. The van der Waals surface area contributed by atoms with Gasteiger partial charge in [-0.25, -0.2) is 0 Å². The maximum atomic E-state index is 5.45. The topological polar surface area (TPSA) is 21.3 Å². The lowest BCUT2D eigenvalue weighted by atomic mass is 9.82. The van der Waals surface area contributed by atoms with E-state index in [4.69, 9.17) is 4.74 Å². The third-order valence-electron chi connectivity index (χ3n) is 3.42. The summed E-state index contributed by atoms with van der Waals surface area (Å²) in [4.78, 5) is 0. The summed E-state index contributed by atoms with van der Waals surface area (Å²) >= 11 is 0. The first-order chi connectivity index (χ1) is 4.95. The molecule has 3 aliphatic rings. The average molecular weight is 176 g/mol. The highest BCUT2D eigenvalue weighted by Crippen LogP contribution is 2.41. The number of halogens is 1. The summed E-state index contributed by atoms with van der Waals surface area (Å²) in [7, 11) is 0. The molecule has 0 radical (unpaired) electrons. The minimum Gasteiger partial charge on any atom is -0.381 e. The summed E-state index contributed by atoms with van der Waals surface area (Å²) in [5.41, 5.74) is 0. The molecule has 0 aromatic heterocycles. The average Bonchev–Trinajstić information content (AvgIpc) is 2.60. The van der Waals surface area contributed by atoms with Crippen LogP contribution in [0.5, 0.6) is 0 Å². The molecule has 3 heteroatoms. The SMILES string of the molecule is C1CC2NC1C1COCC21.Cl. The number of nitrogens with one attached hydrogen (secondary N) is 1. The monoisotopic (exact) mass is 175 g/mol. The van der Waals surface area contributed by atoms with Gasteiger partial charge in [-0.2, -0.15) is 0 Å². The van der Waals surface area contributed by atoms with Crippen LogP contribution in [0.2, 0.25) is 0 Å². The van der Waals surface area contributed by atoms with Crippen molar-refractivity contribution in [2.45, 2.75) is 24.9 Å². The molecule has 64 valence electrons. The van der Waals surface area contributed by atoms with Gasteiger partial charge < -0.3 is 10.1 Å². The molecule has 0 aromatic carbocycles. The van der Waals surface area contributed by atoms with Gasteiger partial charge in [0.25, 0.3) is 0 Å². The summed E-state index contributed by atoms with van der Waals surface area (Å²) in [5.74, 6) is 1.75. The van der Waals surface area contributed by atoms with Crippen LogP contribution in [-0.2, 0) is 4.74 Å². The van der Waals surface area contributed by atoms with E-state index in [1.54, 1.807) is 0 Å². The Kier molecular flexibility index (Phi) is 1.86. The van der Waals surface area contributed by atoms with Gasteiger partial charge in [0.1, 0.15) is 0 Å². The van der Waals surface area contributed by atoms with E-state index < -0.39 is 0 Å². The van der Waals surface area contributed by atoms with Gasteiger partial charge in [0.15, 0.2) is 0 Å². The Morgan fingerprint density at radius 3 is 2.09 bits per heavy atom. The van der Waals surface area contributed by atoms with Gasteiger partial charge >= 0.3 is 0 Å². The fraction of sp³-hybridized carbons (Fsp3) is 1.00. The Balaban J connectivity index is 0.000000480. The van der Waals surface area contributed by atoms with E-state index in [-0.39, 0.29) is 12.4 Å². The van der Waals surface area contributed by atoms with Crippen LogP contribution in [0.25, 0.3) is 0 Å². The van der Waals surface area contributed by atoms with E-state index in [0.29, 0.717) is 0 Å². The summed E-state index contributed by atoms with van der Waals surface area (Å²) in [6.07, 6.45) is 2.80. The molecule has 3 heterocycles. The predicted octanol–water partition coefficient (Wildman–Crippen LogP) is 0.805. The van der Waals surface area contributed by atoms with E-state index in [0.717, 1.165) is 37.1 Å². The Hall–Kier alpha value is 0.210. The molecule has 3 aliphatic heterocycles. The second-order valence-electron chi connectivity index (χ2n) is 3.82. The van der Waals surface area contributed by atoms with Crippen molar-refractivity contribution in [3.8, 4) is 0 Å². The zero-order valence-electron chi connectivity index (χ0n) is 6.45. The largest absolute Gasteiger partial charge is 0.381 e. The van der Waals surface area contributed by atoms with Crippen LogP contribution in [0.3, 0.4) is 0 Å². The zero-order valence-corrected chi connectivity index (χ0v) is 7.27. The van der Waals surface area contributed by atoms with Crippen molar-refractivity contribution in [2.24, 2.45) is 11.8 Å². The lowest BCUT2D eigenvalue weighted by Gasteiger charge is -2.19. The van der Waals surface area contributed by atoms with Gasteiger partial charge in [-0.05, 0) is 12.8 Å². The molecule has 3 saturated heterocycles. The molecule has 0 spiro atoms. The smallest absolute Gasteiger partial charge is 0.0513 e. The van der Waals surface area contributed by atoms with E-state index in [2.05, 4.69) is 5.32 Å². The fourth-order valence-electron chi connectivity index (χ4n) is 2.89. The van der Waals surface area contributed by atoms with Crippen molar-refractivity contribution in [2.75, 3.05) is 13.2 Å². The van der Waals surface area contributed by atoms with Crippen LogP contribution in [0.1, 0.15) is 12.8 Å². The van der Waals surface area contributed by atoms with Gasteiger partial charge in [0, 0.05) is 23.9 Å². The summed E-state index contributed by atoms with van der Waals surface area (Å²) in [6, 6.07) is 1.63. The summed E-state index contributed by atoms with van der Waals surface area (Å²) < 4.78 is 5.45. The summed E-state index contributed by atoms with van der Waals surface area (Å²) in [6.45, 7) is 2.05. The molecule has 2 nitrogen and oxygen atoms in total. The standard InChI is InChI=1S/C8H13NO.ClH/c1-2-8-6-4-10-3-5(6)7(1)9-8;/h5-9H,1-4H2;1H. The van der Waals surface area contributed by atoms with Gasteiger partial charge in [0.05, 0.1) is 13.2 Å². The first-order valence-corrected chi connectivity index (χ1v) is 4.29. The van der Waals surface area contributed by atoms with E-state index in [1.165, 1.54) is 12.8 Å². The minimum atomic E-state index is 0. The Labute approximate surface area is 73.1 Å². The maximum Gasteiger partial charge on any atom is 0.0513 e. The van der Waals surface area contributed by atoms with Crippen molar-refractivity contribution >= 4 is 12.4 Å². The molecule has 0 aliphatic carbocycles. The van der Waals surface area contributed by atoms with Gasteiger partial charge in [-0.3, -0.25) is 0 Å². The van der Waals surface area contributed by atoms with E-state index in [1.807, 2.05) is 0 Å². The molecule has 1 N–H and O–H groups in total. The molecule has 0 aromatic rings. The van der Waals surface area contributed by atoms with E-state index >= 15 is 0 Å². The van der Waals surface area contributed by atoms with Crippen LogP contribution in [0.15, 0.2) is 0 Å². The number of ether oxygens (including phenoxy) is 1. The van der Waals surface area contributed by atoms with Crippen molar-refractivity contribution in [3.05, 3.63) is 0 Å². The number of fused-ring (bicyclic) bond motifs is 5. The van der Waals surface area contributed by atoms with E-state index in [9.17, 15) is 0 Å². The van der Waals surface area contributed by atoms with Crippen molar-refractivity contribution in [1.82, 2.24) is 5.32 Å². The second kappa shape index (κ2) is 2.61. The highest BCUT2D eigenvalue weighted by Gasteiger charge is 2.49. The molecule has 4 atom stereocenters. The first-order valence-electron chi connectivity index (χ1n) is 4.29. The third-order valence-corrected chi connectivity index (χ3v) is 3.42. The van der Waals surface area contributed by atoms with Gasteiger partial charge in [-0.1, -0.05) is 0 Å². The molecule has 0 saturated carbocycles. The minimum absolute atomic E-state index is 0. The number of hydrogen-bond donors (Lipinski definition) is 1. The molecule has 3 fully saturated rings. The van der Waals surface area contributed by atoms with Crippen LogP contribution >= 0.6 is 12.4 Å².